The highest BCUT2D eigenvalue weighted by Gasteiger charge is 2.09. The van der Waals surface area contributed by atoms with Crippen molar-refractivity contribution in [3.05, 3.63) is 63.0 Å². The molecule has 5 heteroatoms. The maximum Gasteiger partial charge on any atom is 0.326 e. The number of nitrogens with one attached hydrogen (secondary N) is 1. The smallest absolute Gasteiger partial charge is 0.326 e. The van der Waals surface area contributed by atoms with Crippen LogP contribution in [0, 0.1) is 0 Å². The summed E-state index contributed by atoms with van der Waals surface area (Å²) in [4.78, 5) is 14.8. The third-order valence-corrected chi connectivity index (χ3v) is 3.55. The highest BCUT2D eigenvalue weighted by atomic mass is 79.9. The molecule has 0 aliphatic carbocycles. The number of H-pyrrole nitrogens is 1. The predicted octanol–water partition coefficient (Wildman–Crippen LogP) is 2.85. The van der Waals surface area contributed by atoms with Crippen LogP contribution in [-0.2, 0) is 6.54 Å². The van der Waals surface area contributed by atoms with E-state index in [4.69, 9.17) is 0 Å². The second-order valence-corrected chi connectivity index (χ2v) is 5.22. The molecule has 0 saturated heterocycles. The molecule has 3 aromatic rings. The molecule has 4 nitrogen and oxygen atoms in total. The van der Waals surface area contributed by atoms with Crippen molar-refractivity contribution < 1.29 is 5.11 Å². The van der Waals surface area contributed by atoms with Crippen molar-refractivity contribution in [3.8, 4) is 5.75 Å². The Kier molecular flexibility index (Phi) is 2.91. The van der Waals surface area contributed by atoms with E-state index in [0.717, 1.165) is 15.5 Å². The molecule has 0 bridgehead atoms. The summed E-state index contributed by atoms with van der Waals surface area (Å²) in [6.07, 6.45) is 0. The van der Waals surface area contributed by atoms with Crippen molar-refractivity contribution in [2.45, 2.75) is 6.54 Å². The summed E-state index contributed by atoms with van der Waals surface area (Å²) in [5.74, 6) is 0.195. The summed E-state index contributed by atoms with van der Waals surface area (Å²) in [7, 11) is 0. The number of imidazole rings is 1. The number of phenolic OH excluding ortho intramolecular Hbond substituents is 1. The van der Waals surface area contributed by atoms with Gasteiger partial charge in [0.1, 0.15) is 5.75 Å². The van der Waals surface area contributed by atoms with Crippen LogP contribution in [0.25, 0.3) is 11.0 Å². The Labute approximate surface area is 117 Å². The SMILES string of the molecule is O=c1[nH]c2cc(Br)ccc2n1Cc1ccccc1O. The molecule has 1 aromatic heterocycles. The number of aromatic amines is 1. The number of aromatic nitrogens is 2. The quantitative estimate of drug-likeness (QED) is 0.763. The van der Waals surface area contributed by atoms with Gasteiger partial charge >= 0.3 is 5.69 Å². The topological polar surface area (TPSA) is 58.0 Å². The molecule has 0 radical (unpaired) electrons. The Hall–Kier alpha value is -2.01. The molecule has 2 aromatic carbocycles. The zero-order valence-electron chi connectivity index (χ0n) is 9.93. The number of hydrogen-bond acceptors (Lipinski definition) is 2. The van der Waals surface area contributed by atoms with E-state index in [9.17, 15) is 9.90 Å². The van der Waals surface area contributed by atoms with E-state index in [1.54, 1.807) is 22.8 Å². The molecule has 0 aliphatic heterocycles. The van der Waals surface area contributed by atoms with Crippen LogP contribution in [0.5, 0.6) is 5.75 Å². The lowest BCUT2D eigenvalue weighted by Gasteiger charge is -2.05. The number of para-hydroxylation sites is 1. The molecule has 19 heavy (non-hydrogen) atoms. The number of nitrogens with zero attached hydrogens (tertiary/aromatic N) is 1. The molecule has 0 fully saturated rings. The minimum absolute atomic E-state index is 0.184. The molecule has 0 unspecified atom stereocenters. The third kappa shape index (κ3) is 2.17. The summed E-state index contributed by atoms with van der Waals surface area (Å²) in [5.41, 5.74) is 2.12. The number of phenols is 1. The molecule has 3 rings (SSSR count). The monoisotopic (exact) mass is 318 g/mol. The zero-order chi connectivity index (χ0) is 13.4. The first-order valence-corrected chi connectivity index (χ1v) is 6.59. The normalized spacial score (nSPS) is 11.0. The fourth-order valence-electron chi connectivity index (χ4n) is 2.11. The van der Waals surface area contributed by atoms with E-state index in [-0.39, 0.29) is 11.4 Å². The van der Waals surface area contributed by atoms with Gasteiger partial charge in [0.15, 0.2) is 0 Å². The highest BCUT2D eigenvalue weighted by Crippen LogP contribution is 2.20. The van der Waals surface area contributed by atoms with Crippen molar-refractivity contribution in [1.29, 1.82) is 0 Å². The first-order chi connectivity index (χ1) is 9.15. The molecular formula is C14H11BrN2O2. The summed E-state index contributed by atoms with van der Waals surface area (Å²) < 4.78 is 2.52. The van der Waals surface area contributed by atoms with Gasteiger partial charge in [0.05, 0.1) is 17.6 Å². The van der Waals surface area contributed by atoms with Gasteiger partial charge in [-0.3, -0.25) is 4.57 Å². The van der Waals surface area contributed by atoms with Gasteiger partial charge in [-0.05, 0) is 24.3 Å². The van der Waals surface area contributed by atoms with Crippen LogP contribution in [0.4, 0.5) is 0 Å². The number of aromatic hydroxyl groups is 1. The Bertz CT molecular complexity index is 805. The van der Waals surface area contributed by atoms with Crippen molar-refractivity contribution in [3.63, 3.8) is 0 Å². The summed E-state index contributed by atoms with van der Waals surface area (Å²) in [6.45, 7) is 0.340. The predicted molar refractivity (Wildman–Crippen MR) is 77.5 cm³/mol. The second-order valence-electron chi connectivity index (χ2n) is 4.31. The first-order valence-electron chi connectivity index (χ1n) is 5.80. The Balaban J connectivity index is 2.13. The van der Waals surface area contributed by atoms with E-state index in [1.165, 1.54) is 0 Å². The maximum atomic E-state index is 12.0. The van der Waals surface area contributed by atoms with Crippen LogP contribution >= 0.6 is 15.9 Å². The van der Waals surface area contributed by atoms with E-state index >= 15 is 0 Å². The zero-order valence-corrected chi connectivity index (χ0v) is 11.5. The molecule has 0 atom stereocenters. The van der Waals surface area contributed by atoms with Crippen LogP contribution in [0.2, 0.25) is 0 Å². The molecular weight excluding hydrogens is 308 g/mol. The number of hydrogen-bond donors (Lipinski definition) is 2. The highest BCUT2D eigenvalue weighted by molar-refractivity contribution is 9.10. The van der Waals surface area contributed by atoms with E-state index in [0.29, 0.717) is 12.1 Å². The van der Waals surface area contributed by atoms with Gasteiger partial charge in [-0.2, -0.15) is 0 Å². The minimum atomic E-state index is -0.184. The van der Waals surface area contributed by atoms with Gasteiger partial charge in [0, 0.05) is 10.0 Å². The third-order valence-electron chi connectivity index (χ3n) is 3.06. The van der Waals surface area contributed by atoms with Gasteiger partial charge < -0.3 is 10.1 Å². The average Bonchev–Trinajstić information content (AvgIpc) is 2.68. The van der Waals surface area contributed by atoms with Crippen LogP contribution in [0.1, 0.15) is 5.56 Å². The van der Waals surface area contributed by atoms with Crippen LogP contribution < -0.4 is 5.69 Å². The second kappa shape index (κ2) is 4.59. The standard InChI is InChI=1S/C14H11BrN2O2/c15-10-5-6-12-11(7-10)16-14(19)17(12)8-9-3-1-2-4-13(9)18/h1-7,18H,8H2,(H,16,19). The van der Waals surface area contributed by atoms with Crippen LogP contribution in [0.3, 0.4) is 0 Å². The summed E-state index contributed by atoms with van der Waals surface area (Å²) in [6, 6.07) is 12.6. The Morgan fingerprint density at radius 2 is 2.00 bits per heavy atom. The van der Waals surface area contributed by atoms with Crippen LogP contribution in [0.15, 0.2) is 51.7 Å². The van der Waals surface area contributed by atoms with Crippen molar-refractivity contribution in [1.82, 2.24) is 9.55 Å². The molecule has 0 spiro atoms. The number of halogens is 1. The maximum absolute atomic E-state index is 12.0. The Morgan fingerprint density at radius 1 is 1.21 bits per heavy atom. The van der Waals surface area contributed by atoms with E-state index < -0.39 is 0 Å². The lowest BCUT2D eigenvalue weighted by Crippen LogP contribution is -2.17. The minimum Gasteiger partial charge on any atom is -0.508 e. The molecule has 96 valence electrons. The van der Waals surface area contributed by atoms with E-state index in [1.807, 2.05) is 24.3 Å². The molecule has 1 heterocycles. The van der Waals surface area contributed by atoms with Crippen molar-refractivity contribution in [2.75, 3.05) is 0 Å². The number of fused-ring (bicyclic) bond motifs is 1. The van der Waals surface area contributed by atoms with Gasteiger partial charge in [-0.1, -0.05) is 34.1 Å². The summed E-state index contributed by atoms with van der Waals surface area (Å²) >= 11 is 3.37. The van der Waals surface area contributed by atoms with Gasteiger partial charge in [0.2, 0.25) is 0 Å². The molecule has 0 amide bonds. The van der Waals surface area contributed by atoms with Crippen LogP contribution in [-0.4, -0.2) is 14.7 Å². The Morgan fingerprint density at radius 3 is 2.79 bits per heavy atom. The molecule has 0 saturated carbocycles. The van der Waals surface area contributed by atoms with Gasteiger partial charge in [-0.25, -0.2) is 4.79 Å². The fourth-order valence-corrected chi connectivity index (χ4v) is 2.47. The molecule has 2 N–H and O–H groups in total. The summed E-state index contributed by atoms with van der Waals surface area (Å²) in [5, 5.41) is 9.78. The molecule has 0 aliphatic rings. The lowest BCUT2D eigenvalue weighted by molar-refractivity contribution is 0.466. The largest absolute Gasteiger partial charge is 0.508 e. The van der Waals surface area contributed by atoms with Gasteiger partial charge in [-0.15, -0.1) is 0 Å². The van der Waals surface area contributed by atoms with Crippen molar-refractivity contribution in [2.24, 2.45) is 0 Å². The van der Waals surface area contributed by atoms with E-state index in [2.05, 4.69) is 20.9 Å². The van der Waals surface area contributed by atoms with Crippen molar-refractivity contribution >= 4 is 27.0 Å². The first kappa shape index (κ1) is 12.0. The van der Waals surface area contributed by atoms with Gasteiger partial charge in [0.25, 0.3) is 0 Å². The average molecular weight is 319 g/mol. The fraction of sp³-hybridized carbons (Fsp3) is 0.0714. The number of benzene rings is 2. The lowest BCUT2D eigenvalue weighted by atomic mass is 10.2. The number of rotatable bonds is 2.